The second kappa shape index (κ2) is 4.16. The average Bonchev–Trinajstić information content (AvgIpc) is 2.56. The van der Waals surface area contributed by atoms with Gasteiger partial charge in [-0.15, -0.1) is 0 Å². The summed E-state index contributed by atoms with van der Waals surface area (Å²) in [7, 11) is -3.40. The highest BCUT2D eigenvalue weighted by Crippen LogP contribution is 2.34. The number of carbonyl (C=O) groups excluding carboxylic acids is 1. The van der Waals surface area contributed by atoms with Crippen LogP contribution in [0.3, 0.4) is 0 Å². The van der Waals surface area contributed by atoms with E-state index in [1.807, 2.05) is 0 Å². The van der Waals surface area contributed by atoms with E-state index in [0.717, 1.165) is 5.41 Å². The van der Waals surface area contributed by atoms with E-state index in [1.54, 1.807) is 6.92 Å². The molecule has 0 saturated carbocycles. The third kappa shape index (κ3) is 1.96. The molecule has 0 unspecified atom stereocenters. The molecule has 0 radical (unpaired) electrons. The number of hydrogen-bond donors (Lipinski definition) is 0. The molecule has 90 valence electrons. The number of hydrogen-bond acceptors (Lipinski definition) is 4. The summed E-state index contributed by atoms with van der Waals surface area (Å²) < 4.78 is 27.9. The van der Waals surface area contributed by atoms with Gasteiger partial charge < -0.3 is 4.74 Å². The van der Waals surface area contributed by atoms with Crippen molar-refractivity contribution < 1.29 is 17.9 Å². The van der Waals surface area contributed by atoms with Gasteiger partial charge in [0.15, 0.2) is 9.84 Å². The molecule has 1 heterocycles. The minimum absolute atomic E-state index is 0.110. The molecule has 1 aliphatic rings. The van der Waals surface area contributed by atoms with E-state index >= 15 is 0 Å². The Morgan fingerprint density at radius 2 is 2.12 bits per heavy atom. The van der Waals surface area contributed by atoms with Gasteiger partial charge in [0.1, 0.15) is 0 Å². The number of carbonyl (C=O) groups is 1. The molecule has 0 N–H and O–H groups in total. The first-order valence-corrected chi connectivity index (χ1v) is 6.82. The lowest BCUT2D eigenvalue weighted by molar-refractivity contribution is 0.0526. The molecule has 4 nitrogen and oxygen atoms in total. The number of sulfone groups is 1. The molecule has 0 atom stereocenters. The maximum atomic E-state index is 11.6. The van der Waals surface area contributed by atoms with Gasteiger partial charge in [0.25, 0.3) is 0 Å². The van der Waals surface area contributed by atoms with E-state index in [2.05, 4.69) is 0 Å². The van der Waals surface area contributed by atoms with Gasteiger partial charge in [-0.1, -0.05) is 11.6 Å². The quantitative estimate of drug-likeness (QED) is 0.775. The van der Waals surface area contributed by atoms with Crippen molar-refractivity contribution >= 4 is 33.5 Å². The summed E-state index contributed by atoms with van der Waals surface area (Å²) in [5, 5.41) is 1.18. The van der Waals surface area contributed by atoms with Crippen LogP contribution in [0.25, 0.3) is 6.08 Å². The first-order chi connectivity index (χ1) is 7.97. The molecule has 0 bridgehead atoms. The molecule has 0 saturated heterocycles. The second-order valence-corrected chi connectivity index (χ2v) is 5.59. The van der Waals surface area contributed by atoms with Crippen LogP contribution in [-0.4, -0.2) is 21.0 Å². The first-order valence-electron chi connectivity index (χ1n) is 4.90. The molecule has 17 heavy (non-hydrogen) atoms. The summed E-state index contributed by atoms with van der Waals surface area (Å²) in [5.41, 5.74) is 0.520. The van der Waals surface area contributed by atoms with Crippen molar-refractivity contribution in [3.8, 4) is 0 Å². The predicted molar refractivity (Wildman–Crippen MR) is 63.6 cm³/mol. The highest BCUT2D eigenvalue weighted by molar-refractivity contribution is 7.94. The molecule has 0 amide bonds. The van der Waals surface area contributed by atoms with Crippen molar-refractivity contribution in [3.05, 3.63) is 33.7 Å². The van der Waals surface area contributed by atoms with Crippen molar-refractivity contribution in [2.45, 2.75) is 11.8 Å². The molecular formula is C11H9ClO4S. The van der Waals surface area contributed by atoms with Crippen LogP contribution in [0.1, 0.15) is 22.8 Å². The van der Waals surface area contributed by atoms with E-state index in [-0.39, 0.29) is 22.1 Å². The van der Waals surface area contributed by atoms with Crippen LogP contribution in [0.15, 0.2) is 22.4 Å². The number of rotatable bonds is 2. The number of ether oxygens (including phenoxy) is 1. The molecule has 1 aliphatic heterocycles. The molecule has 0 fully saturated rings. The van der Waals surface area contributed by atoms with Gasteiger partial charge in [0, 0.05) is 11.0 Å². The summed E-state index contributed by atoms with van der Waals surface area (Å²) in [6.07, 6.45) is 1.38. The SMILES string of the molecule is CCOC(=O)c1ccc2c(c1Cl)C=CS2(=O)=O. The van der Waals surface area contributed by atoms with Crippen LogP contribution in [0.2, 0.25) is 5.02 Å². The summed E-state index contributed by atoms with van der Waals surface area (Å²) in [6, 6.07) is 2.73. The fourth-order valence-electron chi connectivity index (χ4n) is 1.58. The minimum atomic E-state index is -3.40. The lowest BCUT2D eigenvalue weighted by atomic mass is 10.1. The van der Waals surface area contributed by atoms with Gasteiger partial charge in [-0.25, -0.2) is 13.2 Å². The van der Waals surface area contributed by atoms with Gasteiger partial charge in [0.2, 0.25) is 0 Å². The average molecular weight is 273 g/mol. The van der Waals surface area contributed by atoms with Crippen LogP contribution >= 0.6 is 11.6 Å². The third-order valence-electron chi connectivity index (χ3n) is 2.36. The molecule has 1 aromatic carbocycles. The highest BCUT2D eigenvalue weighted by atomic mass is 35.5. The highest BCUT2D eigenvalue weighted by Gasteiger charge is 2.26. The monoisotopic (exact) mass is 272 g/mol. The standard InChI is InChI=1S/C11H9ClO4S/c1-2-16-11(13)8-3-4-9-7(10(8)12)5-6-17(9,14)15/h3-6H,2H2,1H3. The van der Waals surface area contributed by atoms with Gasteiger partial charge in [-0.05, 0) is 25.1 Å². The van der Waals surface area contributed by atoms with E-state index < -0.39 is 15.8 Å². The molecule has 0 aliphatic carbocycles. The Balaban J connectivity index is 2.57. The van der Waals surface area contributed by atoms with E-state index in [0.29, 0.717) is 5.56 Å². The third-order valence-corrected chi connectivity index (χ3v) is 4.23. The van der Waals surface area contributed by atoms with E-state index in [4.69, 9.17) is 16.3 Å². The molecule has 0 aromatic heterocycles. The zero-order valence-corrected chi connectivity index (χ0v) is 10.5. The van der Waals surface area contributed by atoms with Gasteiger partial charge in [-0.3, -0.25) is 0 Å². The van der Waals surface area contributed by atoms with Crippen LogP contribution in [-0.2, 0) is 14.6 Å². The number of halogens is 1. The summed E-state index contributed by atoms with van der Waals surface area (Å²) in [4.78, 5) is 11.7. The zero-order chi connectivity index (χ0) is 12.6. The van der Waals surface area contributed by atoms with Gasteiger partial charge in [0.05, 0.1) is 22.1 Å². The van der Waals surface area contributed by atoms with Crippen molar-refractivity contribution in [1.82, 2.24) is 0 Å². The smallest absolute Gasteiger partial charge is 0.339 e. The number of esters is 1. The number of benzene rings is 1. The van der Waals surface area contributed by atoms with Crippen LogP contribution < -0.4 is 0 Å². The first kappa shape index (κ1) is 12.1. The van der Waals surface area contributed by atoms with E-state index in [9.17, 15) is 13.2 Å². The van der Waals surface area contributed by atoms with Gasteiger partial charge in [-0.2, -0.15) is 0 Å². The van der Waals surface area contributed by atoms with Gasteiger partial charge >= 0.3 is 5.97 Å². The molecule has 1 aromatic rings. The predicted octanol–water partition coefficient (Wildman–Crippen LogP) is 2.27. The lowest BCUT2D eigenvalue weighted by Gasteiger charge is -2.07. The second-order valence-electron chi connectivity index (χ2n) is 3.41. The Labute approximate surface area is 104 Å². The number of fused-ring (bicyclic) bond motifs is 1. The fraction of sp³-hybridized carbons (Fsp3) is 0.182. The van der Waals surface area contributed by atoms with Crippen molar-refractivity contribution in [2.75, 3.05) is 6.61 Å². The molecule has 6 heteroatoms. The Hall–Kier alpha value is -1.33. The Morgan fingerprint density at radius 1 is 1.41 bits per heavy atom. The lowest BCUT2D eigenvalue weighted by Crippen LogP contribution is -2.07. The van der Waals surface area contributed by atoms with Crippen LogP contribution in [0.5, 0.6) is 0 Å². The summed E-state index contributed by atoms with van der Waals surface area (Å²) in [5.74, 6) is -0.557. The maximum absolute atomic E-state index is 11.6. The normalized spacial score (nSPS) is 15.6. The topological polar surface area (TPSA) is 60.4 Å². The van der Waals surface area contributed by atoms with Crippen molar-refractivity contribution in [2.24, 2.45) is 0 Å². The fourth-order valence-corrected chi connectivity index (χ4v) is 3.13. The summed E-state index contributed by atoms with van der Waals surface area (Å²) in [6.45, 7) is 1.92. The Bertz CT molecular complexity index is 617. The van der Waals surface area contributed by atoms with Crippen molar-refractivity contribution in [1.29, 1.82) is 0 Å². The van der Waals surface area contributed by atoms with Crippen LogP contribution in [0.4, 0.5) is 0 Å². The maximum Gasteiger partial charge on any atom is 0.339 e. The Morgan fingerprint density at radius 3 is 2.76 bits per heavy atom. The molecule has 0 spiro atoms. The molecular weight excluding hydrogens is 264 g/mol. The Kier molecular flexibility index (Phi) is 2.97. The summed E-state index contributed by atoms with van der Waals surface area (Å²) >= 11 is 6.00. The van der Waals surface area contributed by atoms with Crippen LogP contribution in [0, 0.1) is 0 Å². The molecule has 2 rings (SSSR count). The largest absolute Gasteiger partial charge is 0.462 e. The van der Waals surface area contributed by atoms with E-state index in [1.165, 1.54) is 18.2 Å². The zero-order valence-electron chi connectivity index (χ0n) is 8.94. The van der Waals surface area contributed by atoms with Crippen molar-refractivity contribution in [3.63, 3.8) is 0 Å². The minimum Gasteiger partial charge on any atom is -0.462 e.